The van der Waals surface area contributed by atoms with E-state index >= 15 is 0 Å². The van der Waals surface area contributed by atoms with Gasteiger partial charge in [0, 0.05) is 28.3 Å². The van der Waals surface area contributed by atoms with E-state index < -0.39 is 11.6 Å². The van der Waals surface area contributed by atoms with Gasteiger partial charge in [-0.25, -0.2) is 0 Å². The van der Waals surface area contributed by atoms with E-state index in [2.05, 4.69) is 4.98 Å². The third-order valence-corrected chi connectivity index (χ3v) is 4.38. The number of alkyl halides is 3. The lowest BCUT2D eigenvalue weighted by Gasteiger charge is -2.16. The number of thioether (sulfide) groups is 1. The van der Waals surface area contributed by atoms with E-state index in [-0.39, 0.29) is 22.2 Å². The molecular weight excluding hydrogens is 341 g/mol. The van der Waals surface area contributed by atoms with Crippen LogP contribution in [0.3, 0.4) is 0 Å². The molecule has 4 nitrogen and oxygen atoms in total. The summed E-state index contributed by atoms with van der Waals surface area (Å²) in [5.41, 5.74) is -3.30. The maximum Gasteiger partial charge on any atom is 0.446 e. The average Bonchev–Trinajstić information content (AvgIpc) is 2.91. The lowest BCUT2D eigenvalue weighted by Crippen LogP contribution is -2.03. The summed E-state index contributed by atoms with van der Waals surface area (Å²) in [6.07, 6.45) is 2.61. The molecule has 0 spiro atoms. The fourth-order valence-electron chi connectivity index (χ4n) is 2.64. The Labute approximate surface area is 139 Å². The van der Waals surface area contributed by atoms with Gasteiger partial charge in [-0.2, -0.15) is 18.4 Å². The number of hydrogen-bond acceptors (Lipinski definition) is 5. The van der Waals surface area contributed by atoms with Gasteiger partial charge >= 0.3 is 5.51 Å². The number of nitrogens with zero attached hydrogens (tertiary/aromatic N) is 2. The van der Waals surface area contributed by atoms with Gasteiger partial charge in [-0.3, -0.25) is 4.98 Å². The summed E-state index contributed by atoms with van der Waals surface area (Å²) in [6, 6.07) is 6.17. The first-order valence-corrected chi connectivity index (χ1v) is 7.81. The molecule has 0 radical (unpaired) electrons. The van der Waals surface area contributed by atoms with Gasteiger partial charge in [0.25, 0.3) is 0 Å². The number of aromatic nitrogens is 1. The number of hydrogen-bond donors (Lipinski definition) is 1. The average molecular weight is 352 g/mol. The molecule has 1 aromatic heterocycles. The van der Waals surface area contributed by atoms with Crippen molar-refractivity contribution in [2.24, 2.45) is 0 Å². The fourth-order valence-corrected chi connectivity index (χ4v) is 3.40. The highest BCUT2D eigenvalue weighted by molar-refractivity contribution is 8.00. The van der Waals surface area contributed by atoms with Crippen LogP contribution in [0, 0.1) is 11.3 Å². The van der Waals surface area contributed by atoms with Gasteiger partial charge in [0.1, 0.15) is 17.6 Å². The molecule has 0 fully saturated rings. The smallest absolute Gasteiger partial charge is 0.446 e. The molecule has 2 aromatic rings. The summed E-state index contributed by atoms with van der Waals surface area (Å²) in [7, 11) is 0. The number of aliphatic hydroxyl groups excluding tert-OH is 1. The van der Waals surface area contributed by atoms with Gasteiger partial charge in [-0.15, -0.1) is 0 Å². The molecule has 0 aliphatic heterocycles. The monoisotopic (exact) mass is 352 g/mol. The summed E-state index contributed by atoms with van der Waals surface area (Å²) < 4.78 is 43.7. The summed E-state index contributed by atoms with van der Waals surface area (Å²) in [4.78, 5) is 3.86. The van der Waals surface area contributed by atoms with Gasteiger partial charge in [0.05, 0.1) is 17.9 Å². The number of rotatable bonds is 3. The van der Waals surface area contributed by atoms with Crippen LogP contribution in [0.5, 0.6) is 11.5 Å². The summed E-state index contributed by atoms with van der Waals surface area (Å²) in [6.45, 7) is 0. The van der Waals surface area contributed by atoms with Crippen molar-refractivity contribution in [2.45, 2.75) is 29.3 Å². The van der Waals surface area contributed by atoms with Crippen LogP contribution in [-0.4, -0.2) is 15.6 Å². The van der Waals surface area contributed by atoms with Gasteiger partial charge in [0.15, 0.2) is 0 Å². The zero-order chi connectivity index (χ0) is 17.3. The predicted octanol–water partition coefficient (Wildman–Crippen LogP) is 4.34. The molecule has 3 rings (SSSR count). The molecular formula is C16H11F3N2O2S. The molecule has 1 N–H and O–H groups in total. The van der Waals surface area contributed by atoms with Crippen LogP contribution in [0.1, 0.15) is 29.2 Å². The minimum Gasteiger partial charge on any atom is -0.455 e. The molecule has 0 amide bonds. The van der Waals surface area contributed by atoms with Crippen LogP contribution in [0.15, 0.2) is 35.5 Å². The van der Waals surface area contributed by atoms with Gasteiger partial charge in [-0.1, -0.05) is 0 Å². The summed E-state index contributed by atoms with van der Waals surface area (Å²) >= 11 is -0.240. The molecule has 24 heavy (non-hydrogen) atoms. The van der Waals surface area contributed by atoms with Crippen molar-refractivity contribution in [3.63, 3.8) is 0 Å². The molecule has 1 aromatic carbocycles. The molecule has 1 aliphatic carbocycles. The van der Waals surface area contributed by atoms with Crippen LogP contribution in [0.2, 0.25) is 0 Å². The Morgan fingerprint density at radius 1 is 1.33 bits per heavy atom. The van der Waals surface area contributed by atoms with E-state index in [1.165, 1.54) is 30.6 Å². The maximum absolute atomic E-state index is 12.7. The second kappa shape index (κ2) is 6.34. The largest absolute Gasteiger partial charge is 0.455 e. The second-order valence-corrected chi connectivity index (χ2v) is 6.29. The number of fused-ring (bicyclic) bond motifs is 1. The lowest BCUT2D eigenvalue weighted by atomic mass is 10.1. The first kappa shape index (κ1) is 16.6. The van der Waals surface area contributed by atoms with Gasteiger partial charge < -0.3 is 9.84 Å². The van der Waals surface area contributed by atoms with Gasteiger partial charge in [0.2, 0.25) is 0 Å². The van der Waals surface area contributed by atoms with Gasteiger partial charge in [-0.05, 0) is 36.7 Å². The third-order valence-electron chi connectivity index (χ3n) is 3.57. The second-order valence-electron chi connectivity index (χ2n) is 5.18. The zero-order valence-electron chi connectivity index (χ0n) is 12.2. The van der Waals surface area contributed by atoms with E-state index in [4.69, 9.17) is 10.00 Å². The first-order chi connectivity index (χ1) is 11.4. The topological polar surface area (TPSA) is 66.1 Å². The molecule has 1 unspecified atom stereocenters. The molecule has 0 saturated heterocycles. The van der Waals surface area contributed by atoms with E-state index in [0.29, 0.717) is 35.5 Å². The lowest BCUT2D eigenvalue weighted by molar-refractivity contribution is -0.0328. The van der Waals surface area contributed by atoms with E-state index in [1.807, 2.05) is 6.07 Å². The van der Waals surface area contributed by atoms with Crippen LogP contribution in [-0.2, 0) is 6.42 Å². The first-order valence-electron chi connectivity index (χ1n) is 7.00. The Balaban J connectivity index is 1.97. The van der Waals surface area contributed by atoms with Crippen LogP contribution < -0.4 is 4.74 Å². The highest BCUT2D eigenvalue weighted by atomic mass is 32.2. The van der Waals surface area contributed by atoms with Crippen molar-refractivity contribution in [2.75, 3.05) is 0 Å². The summed E-state index contributed by atoms with van der Waals surface area (Å²) in [5.74, 6) is 0.679. The molecule has 8 heteroatoms. The highest BCUT2D eigenvalue weighted by Crippen LogP contribution is 2.47. The standard InChI is InChI=1S/C16H11F3N2O2S/c17-16(18,19)24-14-4-3-13(11-1-2-12(22)15(11)14)23-10-5-9(6-20)7-21-8-10/h3-5,7-8,12,22H,1-2H2. The van der Waals surface area contributed by atoms with Crippen molar-refractivity contribution >= 4 is 11.8 Å². The van der Waals surface area contributed by atoms with Crippen LogP contribution >= 0.6 is 11.8 Å². The number of pyridine rings is 1. The molecule has 1 aliphatic rings. The number of ether oxygens (including phenoxy) is 1. The Hall–Kier alpha value is -2.24. The Kier molecular flexibility index (Phi) is 4.39. The number of aliphatic hydroxyl groups is 1. The number of halogens is 3. The number of nitriles is 1. The Morgan fingerprint density at radius 3 is 2.83 bits per heavy atom. The van der Waals surface area contributed by atoms with Crippen molar-refractivity contribution in [1.29, 1.82) is 5.26 Å². The van der Waals surface area contributed by atoms with Crippen molar-refractivity contribution in [1.82, 2.24) is 4.98 Å². The van der Waals surface area contributed by atoms with Crippen molar-refractivity contribution in [3.05, 3.63) is 47.3 Å². The highest BCUT2D eigenvalue weighted by Gasteiger charge is 2.35. The van der Waals surface area contributed by atoms with E-state index in [1.54, 1.807) is 0 Å². The molecule has 1 atom stereocenters. The minimum absolute atomic E-state index is 0.0150. The van der Waals surface area contributed by atoms with Crippen LogP contribution in [0.4, 0.5) is 13.2 Å². The Bertz CT molecular complexity index is 818. The Morgan fingerprint density at radius 2 is 2.12 bits per heavy atom. The summed E-state index contributed by atoms with van der Waals surface area (Å²) in [5, 5.41) is 18.9. The maximum atomic E-state index is 12.7. The fraction of sp³-hybridized carbons (Fsp3) is 0.250. The predicted molar refractivity (Wildman–Crippen MR) is 80.7 cm³/mol. The zero-order valence-corrected chi connectivity index (χ0v) is 13.0. The van der Waals surface area contributed by atoms with Crippen LogP contribution in [0.25, 0.3) is 0 Å². The quantitative estimate of drug-likeness (QED) is 0.833. The SMILES string of the molecule is N#Cc1cncc(Oc2ccc(SC(F)(F)F)c3c2CCC3O)c1. The normalized spacial score (nSPS) is 16.5. The van der Waals surface area contributed by atoms with Crippen molar-refractivity contribution < 1.29 is 23.0 Å². The molecule has 0 saturated carbocycles. The molecule has 0 bridgehead atoms. The third kappa shape index (κ3) is 3.47. The minimum atomic E-state index is -4.43. The van der Waals surface area contributed by atoms with E-state index in [0.717, 1.165) is 0 Å². The van der Waals surface area contributed by atoms with Crippen molar-refractivity contribution in [3.8, 4) is 17.6 Å². The number of benzene rings is 1. The van der Waals surface area contributed by atoms with E-state index in [9.17, 15) is 18.3 Å². The molecule has 1 heterocycles. The molecule has 124 valence electrons.